The number of anilines is 3. The SMILES string of the molecule is CCNc1ccc(C(c2ccc(C)c(CN3C[C@@H](CC)Oc4ncccc4S3)c2)C(C)(C)C(=O)Nc2cnc(OCC(N)CO)nc2)c(C)c1N. The summed E-state index contributed by atoms with van der Waals surface area (Å²) in [4.78, 5) is 28.2. The van der Waals surface area contributed by atoms with Crippen LogP contribution >= 0.6 is 11.9 Å². The fourth-order valence-electron chi connectivity index (χ4n) is 6.17. The summed E-state index contributed by atoms with van der Waals surface area (Å²) in [6.45, 7) is 14.2. The summed E-state index contributed by atoms with van der Waals surface area (Å²) in [7, 11) is 0. The third-order valence-electron chi connectivity index (χ3n) is 9.25. The Morgan fingerprint density at radius 3 is 2.63 bits per heavy atom. The monoisotopic (exact) mass is 714 g/mol. The van der Waals surface area contributed by atoms with Crippen LogP contribution in [0.25, 0.3) is 0 Å². The van der Waals surface area contributed by atoms with Crippen LogP contribution in [0.2, 0.25) is 0 Å². The summed E-state index contributed by atoms with van der Waals surface area (Å²) in [6.07, 6.45) is 5.62. The molecule has 2 unspecified atom stereocenters. The van der Waals surface area contributed by atoms with Crippen molar-refractivity contribution in [2.24, 2.45) is 11.1 Å². The van der Waals surface area contributed by atoms with Crippen molar-refractivity contribution in [3.63, 3.8) is 0 Å². The molecular weight excluding hydrogens is 665 g/mol. The van der Waals surface area contributed by atoms with Gasteiger partial charge in [0.05, 0.1) is 52.4 Å². The first kappa shape index (κ1) is 37.8. The van der Waals surface area contributed by atoms with E-state index in [1.165, 1.54) is 12.4 Å². The lowest BCUT2D eigenvalue weighted by molar-refractivity contribution is -0.124. The smallest absolute Gasteiger partial charge is 0.316 e. The molecule has 0 fully saturated rings. The molecule has 51 heavy (non-hydrogen) atoms. The van der Waals surface area contributed by atoms with E-state index >= 15 is 0 Å². The summed E-state index contributed by atoms with van der Waals surface area (Å²) in [5.41, 5.74) is 18.6. The van der Waals surface area contributed by atoms with Crippen molar-refractivity contribution in [3.8, 4) is 11.9 Å². The zero-order chi connectivity index (χ0) is 36.7. The van der Waals surface area contributed by atoms with Crippen LogP contribution in [0.5, 0.6) is 11.9 Å². The lowest BCUT2D eigenvalue weighted by Gasteiger charge is -2.36. The van der Waals surface area contributed by atoms with Crippen molar-refractivity contribution in [2.45, 2.75) is 77.5 Å². The van der Waals surface area contributed by atoms with Crippen molar-refractivity contribution in [2.75, 3.05) is 42.7 Å². The van der Waals surface area contributed by atoms with Crippen molar-refractivity contribution >= 4 is 34.9 Å². The van der Waals surface area contributed by atoms with Gasteiger partial charge in [-0.1, -0.05) is 45.0 Å². The number of aryl methyl sites for hydroxylation is 1. The molecule has 272 valence electrons. The van der Waals surface area contributed by atoms with Crippen molar-refractivity contribution in [3.05, 3.63) is 88.9 Å². The Morgan fingerprint density at radius 2 is 1.92 bits per heavy atom. The zero-order valence-electron chi connectivity index (χ0n) is 30.3. The molecular formula is C38H50N8O4S. The highest BCUT2D eigenvalue weighted by Crippen LogP contribution is 2.46. The number of nitrogens with two attached hydrogens (primary N) is 2. The number of carbonyl (C=O) groups excluding carboxylic acids is 1. The summed E-state index contributed by atoms with van der Waals surface area (Å²) >= 11 is 1.66. The Labute approximate surface area is 304 Å². The van der Waals surface area contributed by atoms with Crippen molar-refractivity contribution in [1.29, 1.82) is 0 Å². The number of carbonyl (C=O) groups is 1. The quantitative estimate of drug-likeness (QED) is 0.0800. The fourth-order valence-corrected chi connectivity index (χ4v) is 7.21. The maximum Gasteiger partial charge on any atom is 0.316 e. The second kappa shape index (κ2) is 16.7. The van der Waals surface area contributed by atoms with Gasteiger partial charge < -0.3 is 36.7 Å². The number of aliphatic hydroxyl groups is 1. The number of aromatic nitrogens is 3. The highest BCUT2D eigenvalue weighted by atomic mass is 32.2. The highest BCUT2D eigenvalue weighted by Gasteiger charge is 2.40. The molecule has 0 bridgehead atoms. The van der Waals surface area contributed by atoms with E-state index in [2.05, 4.69) is 68.0 Å². The van der Waals surface area contributed by atoms with Gasteiger partial charge in [-0.05, 0) is 85.2 Å². The number of benzene rings is 2. The number of aliphatic hydroxyl groups excluding tert-OH is 1. The molecule has 2 aromatic carbocycles. The topological polar surface area (TPSA) is 174 Å². The lowest BCUT2D eigenvalue weighted by Crippen LogP contribution is -2.37. The molecule has 3 heterocycles. The highest BCUT2D eigenvalue weighted by molar-refractivity contribution is 7.97. The van der Waals surface area contributed by atoms with E-state index in [0.29, 0.717) is 23.8 Å². The molecule has 1 aliphatic heterocycles. The molecule has 4 aromatic rings. The van der Waals surface area contributed by atoms with Gasteiger partial charge in [0.15, 0.2) is 0 Å². The normalized spacial score (nSPS) is 16.0. The summed E-state index contributed by atoms with van der Waals surface area (Å²) in [5.74, 6) is 0.0903. The van der Waals surface area contributed by atoms with Crippen LogP contribution in [0, 0.1) is 19.3 Å². The van der Waals surface area contributed by atoms with Crippen LogP contribution in [-0.4, -0.2) is 68.7 Å². The molecule has 0 spiro atoms. The van der Waals surface area contributed by atoms with Gasteiger partial charge in [0, 0.05) is 31.7 Å². The Balaban J connectivity index is 1.49. The molecule has 0 radical (unpaired) electrons. The summed E-state index contributed by atoms with van der Waals surface area (Å²) in [5, 5.41) is 15.5. The van der Waals surface area contributed by atoms with E-state index in [-0.39, 0.29) is 37.2 Å². The first-order chi connectivity index (χ1) is 24.4. The maximum atomic E-state index is 14.3. The number of ether oxygens (including phenoxy) is 2. The fraction of sp³-hybridized carbons (Fsp3) is 0.421. The van der Waals surface area contributed by atoms with Crippen molar-refractivity contribution in [1.82, 2.24) is 19.3 Å². The molecule has 12 nitrogen and oxygen atoms in total. The van der Waals surface area contributed by atoms with Gasteiger partial charge >= 0.3 is 6.01 Å². The van der Waals surface area contributed by atoms with Crippen LogP contribution < -0.4 is 31.6 Å². The first-order valence-electron chi connectivity index (χ1n) is 17.3. The molecule has 5 rings (SSSR count). The van der Waals surface area contributed by atoms with Gasteiger partial charge in [0.2, 0.25) is 11.8 Å². The Morgan fingerprint density at radius 1 is 1.16 bits per heavy atom. The van der Waals surface area contributed by atoms with Crippen LogP contribution in [0.1, 0.15) is 67.9 Å². The third-order valence-corrected chi connectivity index (χ3v) is 10.3. The van der Waals surface area contributed by atoms with E-state index < -0.39 is 11.5 Å². The molecule has 1 aliphatic rings. The number of rotatable bonds is 14. The number of nitrogens with zero attached hydrogens (tertiary/aromatic N) is 4. The Bertz CT molecular complexity index is 1810. The summed E-state index contributed by atoms with van der Waals surface area (Å²) in [6, 6.07) is 14.1. The number of nitrogen functional groups attached to an aromatic ring is 1. The number of hydrogen-bond acceptors (Lipinski definition) is 12. The molecule has 13 heteroatoms. The lowest BCUT2D eigenvalue weighted by atomic mass is 9.69. The molecule has 2 aromatic heterocycles. The predicted octanol–water partition coefficient (Wildman–Crippen LogP) is 5.68. The van der Waals surface area contributed by atoms with Crippen LogP contribution in [-0.2, 0) is 11.3 Å². The van der Waals surface area contributed by atoms with E-state index in [1.54, 1.807) is 18.1 Å². The number of nitrogens with one attached hydrogen (secondary N) is 2. The van der Waals surface area contributed by atoms with E-state index in [4.69, 9.17) is 26.0 Å². The van der Waals surface area contributed by atoms with Gasteiger partial charge in [-0.3, -0.25) is 4.79 Å². The second-order valence-electron chi connectivity index (χ2n) is 13.4. The van der Waals surface area contributed by atoms with Crippen molar-refractivity contribution < 1.29 is 19.4 Å². The minimum absolute atomic E-state index is 0.0103. The Kier molecular flexibility index (Phi) is 12.4. The van der Waals surface area contributed by atoms with Crippen LogP contribution in [0.15, 0.2) is 66.0 Å². The molecule has 1 amide bonds. The summed E-state index contributed by atoms with van der Waals surface area (Å²) < 4.78 is 14.0. The first-order valence-corrected chi connectivity index (χ1v) is 18.1. The molecule has 0 aliphatic carbocycles. The third kappa shape index (κ3) is 8.90. The number of pyridine rings is 1. The minimum atomic E-state index is -0.963. The van der Waals surface area contributed by atoms with Gasteiger partial charge in [-0.25, -0.2) is 19.3 Å². The number of hydrogen-bond donors (Lipinski definition) is 5. The average molecular weight is 715 g/mol. The average Bonchev–Trinajstić information content (AvgIpc) is 3.30. The van der Waals surface area contributed by atoms with Crippen LogP contribution in [0.4, 0.5) is 17.1 Å². The molecule has 0 saturated carbocycles. The Hall–Kier alpha value is -4.43. The van der Waals surface area contributed by atoms with Gasteiger partial charge in [0.25, 0.3) is 0 Å². The van der Waals surface area contributed by atoms with Crippen LogP contribution in [0.3, 0.4) is 0 Å². The standard InChI is InChI=1S/C38H50N8O4S/c1-7-29-20-46(51-32-10-9-15-42-35(32)50-29)19-26-16-25(12-11-23(26)3)33(30-13-14-31(41-8-2)34(40)24(30)4)38(5,6)36(48)45-28-17-43-37(44-18-28)49-22-27(39)21-47/h9-18,27,29,33,41,47H,7-8,19-22,39-40H2,1-6H3,(H,45,48)/t27?,29-,33?/m1/s1. The van der Waals surface area contributed by atoms with Gasteiger partial charge in [-0.15, -0.1) is 0 Å². The molecule has 7 N–H and O–H groups in total. The van der Waals surface area contributed by atoms with Gasteiger partial charge in [-0.2, -0.15) is 0 Å². The predicted molar refractivity (Wildman–Crippen MR) is 203 cm³/mol. The molecule has 0 saturated heterocycles. The zero-order valence-corrected chi connectivity index (χ0v) is 31.1. The minimum Gasteiger partial charge on any atom is -0.472 e. The molecule has 3 atom stereocenters. The second-order valence-corrected chi connectivity index (χ2v) is 14.6. The van der Waals surface area contributed by atoms with E-state index in [0.717, 1.165) is 57.9 Å². The van der Waals surface area contributed by atoms with Gasteiger partial charge in [0.1, 0.15) is 12.7 Å². The number of fused-ring (bicyclic) bond motifs is 1. The largest absolute Gasteiger partial charge is 0.472 e. The maximum absolute atomic E-state index is 14.3. The van der Waals surface area contributed by atoms with E-state index in [1.807, 2.05) is 45.9 Å². The van der Waals surface area contributed by atoms with E-state index in [9.17, 15) is 4.79 Å². The number of amides is 1.